The average molecular weight is 295 g/mol. The number of aromatic nitrogens is 2. The largest absolute Gasteiger partial charge is 0.435 e. The van der Waals surface area contributed by atoms with Gasteiger partial charge in [-0.05, 0) is 12.1 Å². The fourth-order valence-corrected chi connectivity index (χ4v) is 1.44. The maximum Gasteiger partial charge on any atom is 0.435 e. The van der Waals surface area contributed by atoms with Gasteiger partial charge in [0, 0.05) is 6.07 Å². The van der Waals surface area contributed by atoms with E-state index >= 15 is 0 Å². The summed E-state index contributed by atoms with van der Waals surface area (Å²) < 4.78 is 75.4. The van der Waals surface area contributed by atoms with Crippen LogP contribution in [0, 0.1) is 0 Å². The van der Waals surface area contributed by atoms with E-state index in [1.54, 1.807) is 6.07 Å². The zero-order valence-corrected chi connectivity index (χ0v) is 9.63. The van der Waals surface area contributed by atoms with Crippen molar-refractivity contribution in [2.45, 2.75) is 12.4 Å². The molecule has 1 aromatic carbocycles. The number of nitrogens with zero attached hydrogens (tertiary/aromatic N) is 2. The van der Waals surface area contributed by atoms with Crippen molar-refractivity contribution < 1.29 is 26.3 Å². The number of alkyl halides is 6. The Morgan fingerprint density at radius 2 is 1.50 bits per heavy atom. The van der Waals surface area contributed by atoms with Gasteiger partial charge >= 0.3 is 12.4 Å². The van der Waals surface area contributed by atoms with Gasteiger partial charge in [-0.2, -0.15) is 31.1 Å². The quantitative estimate of drug-likeness (QED) is 0.854. The first-order valence-corrected chi connectivity index (χ1v) is 5.24. The molecular weight excluding hydrogens is 288 g/mol. The molecule has 0 fully saturated rings. The van der Waals surface area contributed by atoms with Crippen molar-refractivity contribution in [1.29, 1.82) is 0 Å². The summed E-state index contributed by atoms with van der Waals surface area (Å²) in [5.74, 6) is 0. The first-order valence-electron chi connectivity index (χ1n) is 5.24. The molecule has 0 saturated carbocycles. The highest BCUT2D eigenvalue weighted by Gasteiger charge is 2.42. The smallest absolute Gasteiger partial charge is 0.278 e. The number of rotatable bonds is 2. The van der Waals surface area contributed by atoms with E-state index < -0.39 is 23.7 Å². The van der Waals surface area contributed by atoms with Gasteiger partial charge in [0.05, 0.1) is 5.69 Å². The van der Waals surface area contributed by atoms with Gasteiger partial charge in [-0.3, -0.25) is 5.43 Å². The predicted molar refractivity (Wildman–Crippen MR) is 57.7 cm³/mol. The van der Waals surface area contributed by atoms with Crippen molar-refractivity contribution in [2.24, 2.45) is 0 Å². The first kappa shape index (κ1) is 14.2. The van der Waals surface area contributed by atoms with Crippen LogP contribution in [0.1, 0.15) is 11.4 Å². The van der Waals surface area contributed by atoms with Gasteiger partial charge in [0.15, 0.2) is 11.4 Å². The van der Waals surface area contributed by atoms with E-state index in [-0.39, 0.29) is 16.5 Å². The van der Waals surface area contributed by atoms with Crippen LogP contribution >= 0.6 is 0 Å². The predicted octanol–water partition coefficient (Wildman–Crippen LogP) is 3.80. The topological polar surface area (TPSA) is 29.9 Å². The summed E-state index contributed by atoms with van der Waals surface area (Å²) in [5, 5.41) is 2.90. The zero-order chi connectivity index (χ0) is 15.0. The molecule has 0 unspecified atom stereocenters. The summed E-state index contributed by atoms with van der Waals surface area (Å²) in [7, 11) is 0. The molecule has 1 N–H and O–H groups in total. The fraction of sp³-hybridized carbons (Fsp3) is 0.182. The second kappa shape index (κ2) is 4.73. The highest BCUT2D eigenvalue weighted by Crippen LogP contribution is 2.35. The summed E-state index contributed by atoms with van der Waals surface area (Å²) in [6.07, 6.45) is -9.91. The molecule has 2 aromatic rings. The molecule has 0 radical (unpaired) electrons. The maximum atomic E-state index is 12.7. The molecule has 0 aliphatic carbocycles. The van der Waals surface area contributed by atoms with Gasteiger partial charge in [-0.25, -0.2) is 0 Å². The van der Waals surface area contributed by atoms with Crippen LogP contribution in [0.15, 0.2) is 36.4 Å². The Hall–Kier alpha value is -2.19. The molecule has 1 heterocycles. The lowest BCUT2D eigenvalue weighted by Gasteiger charge is -2.11. The molecule has 0 saturated heterocycles. The van der Waals surface area contributed by atoms with Gasteiger partial charge in [0.1, 0.15) is 0 Å². The molecule has 3 nitrogen and oxygen atoms in total. The fourth-order valence-electron chi connectivity index (χ4n) is 1.44. The Bertz CT molecular complexity index is 584. The average Bonchev–Trinajstić information content (AvgIpc) is 2.74. The number of nitrogens with one attached hydrogen (secondary N) is 1. The van der Waals surface area contributed by atoms with Crippen LogP contribution in [0.5, 0.6) is 0 Å². The monoisotopic (exact) mass is 295 g/mol. The van der Waals surface area contributed by atoms with Crippen molar-refractivity contribution in [1.82, 2.24) is 9.89 Å². The third-order valence-electron chi connectivity index (χ3n) is 2.30. The summed E-state index contributed by atoms with van der Waals surface area (Å²) in [6, 6.07) is 7.40. The van der Waals surface area contributed by atoms with Crippen LogP contribution in [0.4, 0.5) is 32.0 Å². The molecule has 0 aliphatic rings. The third-order valence-corrected chi connectivity index (χ3v) is 2.30. The number of para-hydroxylation sites is 1. The van der Waals surface area contributed by atoms with Crippen LogP contribution < -0.4 is 5.43 Å². The van der Waals surface area contributed by atoms with Gasteiger partial charge in [-0.15, -0.1) is 5.10 Å². The van der Waals surface area contributed by atoms with Gasteiger partial charge in [-0.1, -0.05) is 18.2 Å². The lowest BCUT2D eigenvalue weighted by atomic mass is 10.3. The number of anilines is 1. The van der Waals surface area contributed by atoms with E-state index in [4.69, 9.17) is 0 Å². The Kier molecular flexibility index (Phi) is 3.36. The van der Waals surface area contributed by atoms with E-state index in [0.717, 1.165) is 0 Å². The number of hydrogen-bond donors (Lipinski definition) is 1. The van der Waals surface area contributed by atoms with Crippen LogP contribution in [-0.4, -0.2) is 9.89 Å². The minimum Gasteiger partial charge on any atom is -0.278 e. The van der Waals surface area contributed by atoms with Gasteiger partial charge in [0.25, 0.3) is 0 Å². The summed E-state index contributed by atoms with van der Waals surface area (Å²) in [4.78, 5) is 0.0676. The van der Waals surface area contributed by atoms with Crippen molar-refractivity contribution in [3.63, 3.8) is 0 Å². The van der Waals surface area contributed by atoms with Crippen LogP contribution in [0.25, 0.3) is 0 Å². The number of halogens is 6. The van der Waals surface area contributed by atoms with E-state index in [9.17, 15) is 26.3 Å². The lowest BCUT2D eigenvalue weighted by Crippen LogP contribution is -2.20. The Morgan fingerprint density at radius 1 is 0.900 bits per heavy atom. The molecule has 0 aliphatic heterocycles. The Balaban J connectivity index is 2.43. The van der Waals surface area contributed by atoms with Crippen LogP contribution in [-0.2, 0) is 12.4 Å². The second-order valence-corrected chi connectivity index (χ2v) is 3.80. The molecular formula is C11H7F6N3. The molecule has 20 heavy (non-hydrogen) atoms. The van der Waals surface area contributed by atoms with E-state index in [2.05, 4.69) is 10.5 Å². The molecule has 2 rings (SSSR count). The molecule has 0 bridgehead atoms. The summed E-state index contributed by atoms with van der Waals surface area (Å²) in [5.41, 5.74) is -0.818. The summed E-state index contributed by atoms with van der Waals surface area (Å²) in [6.45, 7) is 0. The molecule has 0 atom stereocenters. The number of benzene rings is 1. The van der Waals surface area contributed by atoms with Crippen molar-refractivity contribution in [2.75, 3.05) is 5.43 Å². The highest BCUT2D eigenvalue weighted by molar-refractivity contribution is 5.42. The minimum atomic E-state index is -4.96. The van der Waals surface area contributed by atoms with E-state index in [1.165, 1.54) is 24.3 Å². The van der Waals surface area contributed by atoms with Crippen molar-refractivity contribution in [3.8, 4) is 0 Å². The SMILES string of the molecule is FC(F)(F)c1cc(C(F)(F)F)n(Nc2ccccc2)n1. The van der Waals surface area contributed by atoms with Crippen molar-refractivity contribution in [3.05, 3.63) is 47.8 Å². The molecule has 0 spiro atoms. The molecule has 0 amide bonds. The summed E-state index contributed by atoms with van der Waals surface area (Å²) >= 11 is 0. The minimum absolute atomic E-state index is 0.0457. The normalized spacial score (nSPS) is 12.5. The Labute approximate surface area is 108 Å². The molecule has 108 valence electrons. The molecule has 9 heteroatoms. The highest BCUT2D eigenvalue weighted by atomic mass is 19.4. The van der Waals surface area contributed by atoms with Gasteiger partial charge in [0.2, 0.25) is 0 Å². The standard InChI is InChI=1S/C11H7F6N3/c12-10(13,14)8-6-9(11(15,16)17)20(19-8)18-7-4-2-1-3-5-7/h1-6,18H. The third kappa shape index (κ3) is 3.03. The van der Waals surface area contributed by atoms with Crippen LogP contribution in [0.3, 0.4) is 0 Å². The van der Waals surface area contributed by atoms with Crippen molar-refractivity contribution >= 4 is 5.69 Å². The first-order chi connectivity index (χ1) is 9.18. The van der Waals surface area contributed by atoms with Crippen LogP contribution in [0.2, 0.25) is 0 Å². The van der Waals surface area contributed by atoms with Gasteiger partial charge < -0.3 is 0 Å². The van der Waals surface area contributed by atoms with E-state index in [1.807, 2.05) is 0 Å². The zero-order valence-electron chi connectivity index (χ0n) is 9.63. The number of hydrogen-bond acceptors (Lipinski definition) is 2. The van der Waals surface area contributed by atoms with E-state index in [0.29, 0.717) is 0 Å². The Morgan fingerprint density at radius 3 is 2.00 bits per heavy atom. The second-order valence-electron chi connectivity index (χ2n) is 3.80. The lowest BCUT2D eigenvalue weighted by molar-refractivity contribution is -0.143. The maximum absolute atomic E-state index is 12.7. The molecule has 1 aromatic heterocycles.